The van der Waals surface area contributed by atoms with Crippen molar-refractivity contribution in [3.8, 4) is 0 Å². The molecular formula is C12H25N5O3. The van der Waals surface area contributed by atoms with Crippen molar-refractivity contribution in [2.45, 2.75) is 6.04 Å². The predicted molar refractivity (Wildman–Crippen MR) is 75.3 cm³/mol. The van der Waals surface area contributed by atoms with E-state index in [1.165, 1.54) is 0 Å². The molecule has 1 saturated heterocycles. The van der Waals surface area contributed by atoms with Crippen molar-refractivity contribution in [3.05, 3.63) is 0 Å². The molecule has 4 N–H and O–H groups in total. The summed E-state index contributed by atoms with van der Waals surface area (Å²) < 4.78 is 4.80. The highest BCUT2D eigenvalue weighted by Crippen LogP contribution is 2.06. The highest BCUT2D eigenvalue weighted by molar-refractivity contribution is 5.95. The highest BCUT2D eigenvalue weighted by atomic mass is 16.5. The second-order valence-electron chi connectivity index (χ2n) is 4.92. The number of nitrogens with zero attached hydrogens (tertiary/aromatic N) is 2. The van der Waals surface area contributed by atoms with E-state index in [9.17, 15) is 9.59 Å². The molecule has 0 saturated carbocycles. The van der Waals surface area contributed by atoms with Gasteiger partial charge in [0, 0.05) is 45.9 Å². The van der Waals surface area contributed by atoms with Crippen LogP contribution in [0.15, 0.2) is 0 Å². The first-order valence-corrected chi connectivity index (χ1v) is 6.76. The Labute approximate surface area is 119 Å². The molecule has 0 aromatic rings. The van der Waals surface area contributed by atoms with Crippen molar-refractivity contribution >= 4 is 11.9 Å². The maximum atomic E-state index is 11.8. The number of nitrogens with one attached hydrogen (secondary N) is 2. The van der Waals surface area contributed by atoms with Gasteiger partial charge in [0.2, 0.25) is 5.91 Å². The van der Waals surface area contributed by atoms with Gasteiger partial charge in [-0.05, 0) is 7.05 Å². The number of nitrogens with two attached hydrogens (primary N) is 1. The van der Waals surface area contributed by atoms with E-state index in [4.69, 9.17) is 10.5 Å². The number of hydrogen-bond acceptors (Lipinski definition) is 6. The maximum Gasteiger partial charge on any atom is 0.321 e. The fraction of sp³-hybridized carbons (Fsp3) is 0.833. The average Bonchev–Trinajstić information content (AvgIpc) is 2.41. The second kappa shape index (κ2) is 8.85. The van der Waals surface area contributed by atoms with Crippen molar-refractivity contribution in [3.63, 3.8) is 0 Å². The van der Waals surface area contributed by atoms with Gasteiger partial charge >= 0.3 is 6.03 Å². The van der Waals surface area contributed by atoms with E-state index in [0.717, 1.165) is 19.6 Å². The minimum absolute atomic E-state index is 0.149. The lowest BCUT2D eigenvalue weighted by Crippen LogP contribution is -2.57. The number of carbonyl (C=O) groups is 2. The third-order valence-electron chi connectivity index (χ3n) is 3.27. The van der Waals surface area contributed by atoms with E-state index in [1.54, 1.807) is 7.11 Å². The van der Waals surface area contributed by atoms with Gasteiger partial charge in [-0.3, -0.25) is 15.0 Å². The summed E-state index contributed by atoms with van der Waals surface area (Å²) in [7, 11) is 3.58. The maximum absolute atomic E-state index is 11.8. The molecule has 1 atom stereocenters. The van der Waals surface area contributed by atoms with Crippen molar-refractivity contribution in [1.82, 2.24) is 20.4 Å². The third-order valence-corrected chi connectivity index (χ3v) is 3.27. The molecule has 1 rings (SSSR count). The number of methoxy groups -OCH3 is 1. The molecule has 1 aliphatic rings. The summed E-state index contributed by atoms with van der Waals surface area (Å²) >= 11 is 0. The Balaban J connectivity index is 2.31. The van der Waals surface area contributed by atoms with Crippen LogP contribution in [0, 0.1) is 0 Å². The van der Waals surface area contributed by atoms with E-state index >= 15 is 0 Å². The summed E-state index contributed by atoms with van der Waals surface area (Å²) in [6, 6.07) is -0.346. The third kappa shape index (κ3) is 5.83. The SMILES string of the molecule is COCCNC(=O)NC(=O)CN1CCN(C)CC1CN. The monoisotopic (exact) mass is 287 g/mol. The average molecular weight is 287 g/mol. The van der Waals surface area contributed by atoms with Crippen molar-refractivity contribution < 1.29 is 14.3 Å². The fourth-order valence-corrected chi connectivity index (χ4v) is 2.14. The van der Waals surface area contributed by atoms with Crippen LogP contribution in [0.2, 0.25) is 0 Å². The van der Waals surface area contributed by atoms with Crippen LogP contribution in [0.5, 0.6) is 0 Å². The molecule has 1 unspecified atom stereocenters. The Morgan fingerprint density at radius 1 is 1.40 bits per heavy atom. The summed E-state index contributed by atoms with van der Waals surface area (Å²) in [6.07, 6.45) is 0. The molecule has 3 amide bonds. The number of carbonyl (C=O) groups excluding carboxylic acids is 2. The fourth-order valence-electron chi connectivity index (χ4n) is 2.14. The number of hydrogen-bond donors (Lipinski definition) is 3. The Morgan fingerprint density at radius 2 is 2.15 bits per heavy atom. The van der Waals surface area contributed by atoms with Crippen LogP contribution < -0.4 is 16.4 Å². The molecule has 8 heteroatoms. The van der Waals surface area contributed by atoms with Crippen LogP contribution in [0.3, 0.4) is 0 Å². The Bertz CT molecular complexity index is 326. The van der Waals surface area contributed by atoms with E-state index in [0.29, 0.717) is 19.7 Å². The van der Waals surface area contributed by atoms with Gasteiger partial charge < -0.3 is 20.7 Å². The molecule has 8 nitrogen and oxygen atoms in total. The smallest absolute Gasteiger partial charge is 0.321 e. The topological polar surface area (TPSA) is 99.9 Å². The van der Waals surface area contributed by atoms with E-state index in [2.05, 4.69) is 15.5 Å². The Hall–Kier alpha value is -1.22. The van der Waals surface area contributed by atoms with Crippen molar-refractivity contribution in [2.75, 3.05) is 60.0 Å². The zero-order chi connectivity index (χ0) is 15.0. The molecule has 1 aliphatic heterocycles. The normalized spacial score (nSPS) is 20.6. The molecule has 0 radical (unpaired) electrons. The van der Waals surface area contributed by atoms with Gasteiger partial charge in [0.25, 0.3) is 0 Å². The molecule has 116 valence electrons. The second-order valence-corrected chi connectivity index (χ2v) is 4.92. The Kier molecular flexibility index (Phi) is 7.45. The first-order chi connectivity index (χ1) is 9.56. The predicted octanol–water partition coefficient (Wildman–Crippen LogP) is -1.97. The van der Waals surface area contributed by atoms with Gasteiger partial charge in [0.1, 0.15) is 0 Å². The molecule has 0 aromatic carbocycles. The van der Waals surface area contributed by atoms with Crippen LogP contribution in [0.1, 0.15) is 0 Å². The van der Waals surface area contributed by atoms with Crippen molar-refractivity contribution in [1.29, 1.82) is 0 Å². The van der Waals surface area contributed by atoms with Crippen LogP contribution in [0.4, 0.5) is 4.79 Å². The number of likely N-dealkylation sites (N-methyl/N-ethyl adjacent to an activating group) is 1. The van der Waals surface area contributed by atoms with Crippen LogP contribution >= 0.6 is 0 Å². The molecule has 0 spiro atoms. The molecular weight excluding hydrogens is 262 g/mol. The minimum Gasteiger partial charge on any atom is -0.383 e. The molecule has 1 heterocycles. The minimum atomic E-state index is -0.495. The number of amides is 3. The number of ether oxygens (including phenoxy) is 1. The largest absolute Gasteiger partial charge is 0.383 e. The van der Waals surface area contributed by atoms with Gasteiger partial charge in [0.15, 0.2) is 0 Å². The van der Waals surface area contributed by atoms with Gasteiger partial charge in [-0.1, -0.05) is 0 Å². The first kappa shape index (κ1) is 16.8. The summed E-state index contributed by atoms with van der Waals surface area (Å²) in [4.78, 5) is 27.4. The Morgan fingerprint density at radius 3 is 2.80 bits per heavy atom. The van der Waals surface area contributed by atoms with Gasteiger partial charge in [-0.25, -0.2) is 4.79 Å². The number of imide groups is 1. The van der Waals surface area contributed by atoms with Gasteiger partial charge in [0.05, 0.1) is 13.2 Å². The zero-order valence-corrected chi connectivity index (χ0v) is 12.2. The van der Waals surface area contributed by atoms with E-state index in [1.807, 2.05) is 11.9 Å². The molecule has 0 bridgehead atoms. The highest BCUT2D eigenvalue weighted by Gasteiger charge is 2.25. The van der Waals surface area contributed by atoms with Crippen LogP contribution in [0.25, 0.3) is 0 Å². The molecule has 20 heavy (non-hydrogen) atoms. The van der Waals surface area contributed by atoms with E-state index < -0.39 is 6.03 Å². The van der Waals surface area contributed by atoms with E-state index in [-0.39, 0.29) is 18.5 Å². The standard InChI is InChI=1S/C12H25N5O3/c1-16-4-5-17(10(7-13)8-16)9-11(18)15-12(19)14-3-6-20-2/h10H,3-9,13H2,1-2H3,(H2,14,15,18,19). The summed E-state index contributed by atoms with van der Waals surface area (Å²) in [5.41, 5.74) is 5.72. The zero-order valence-electron chi connectivity index (χ0n) is 12.2. The lowest BCUT2D eigenvalue weighted by atomic mass is 10.1. The summed E-state index contributed by atoms with van der Waals surface area (Å²) in [5.74, 6) is -0.317. The first-order valence-electron chi connectivity index (χ1n) is 6.76. The number of rotatable bonds is 6. The quantitative estimate of drug-likeness (QED) is 0.490. The molecule has 0 aromatic heterocycles. The van der Waals surface area contributed by atoms with Crippen molar-refractivity contribution in [2.24, 2.45) is 5.73 Å². The van der Waals surface area contributed by atoms with Crippen LogP contribution in [-0.2, 0) is 9.53 Å². The summed E-state index contributed by atoms with van der Waals surface area (Å²) in [6.45, 7) is 3.97. The molecule has 1 fully saturated rings. The lowest BCUT2D eigenvalue weighted by Gasteiger charge is -2.38. The van der Waals surface area contributed by atoms with Gasteiger partial charge in [-0.2, -0.15) is 0 Å². The van der Waals surface area contributed by atoms with Gasteiger partial charge in [-0.15, -0.1) is 0 Å². The number of piperazine rings is 1. The lowest BCUT2D eigenvalue weighted by molar-refractivity contribution is -0.122. The molecule has 0 aliphatic carbocycles. The number of urea groups is 1. The van der Waals surface area contributed by atoms with Crippen LogP contribution in [-0.4, -0.2) is 87.8 Å². The summed E-state index contributed by atoms with van der Waals surface area (Å²) in [5, 5.41) is 4.84.